The summed E-state index contributed by atoms with van der Waals surface area (Å²) in [5, 5.41) is 0. The van der Waals surface area contributed by atoms with Gasteiger partial charge in [-0.05, 0) is 37.5 Å². The Balaban J connectivity index is 2.14. The quantitative estimate of drug-likeness (QED) is 0.720. The van der Waals surface area contributed by atoms with Crippen molar-refractivity contribution in [2.24, 2.45) is 0 Å². The fourth-order valence-corrected chi connectivity index (χ4v) is 2.28. The monoisotopic (exact) mass is 255 g/mol. The number of aryl methyl sites for hydroxylation is 1. The third-order valence-corrected chi connectivity index (χ3v) is 3.34. The van der Waals surface area contributed by atoms with Gasteiger partial charge in [0, 0.05) is 23.3 Å². The number of alkyl halides is 1. The normalized spacial score (nSPS) is 27.6. The average Bonchev–Trinajstić information content (AvgIpc) is 2.18. The van der Waals surface area contributed by atoms with E-state index in [-0.39, 0.29) is 6.10 Å². The number of aromatic nitrogens is 1. The lowest BCUT2D eigenvalue weighted by Crippen LogP contribution is -2.19. The number of hydrogen-bond acceptors (Lipinski definition) is 2. The molecule has 0 bridgehead atoms. The zero-order chi connectivity index (χ0) is 9.97. The Labute approximate surface area is 92.8 Å². The molecule has 1 aromatic rings. The van der Waals surface area contributed by atoms with Crippen molar-refractivity contribution in [1.29, 1.82) is 0 Å². The molecule has 2 nitrogen and oxygen atoms in total. The van der Waals surface area contributed by atoms with Crippen molar-refractivity contribution < 1.29 is 4.74 Å². The molecule has 0 unspecified atom stereocenters. The van der Waals surface area contributed by atoms with Crippen LogP contribution in [0.25, 0.3) is 0 Å². The highest BCUT2D eigenvalue weighted by Gasteiger charge is 2.21. The van der Waals surface area contributed by atoms with Gasteiger partial charge in [0.1, 0.15) is 0 Å². The molecule has 3 heteroatoms. The molecule has 14 heavy (non-hydrogen) atoms. The summed E-state index contributed by atoms with van der Waals surface area (Å²) in [6.45, 7) is 2.86. The van der Waals surface area contributed by atoms with Gasteiger partial charge >= 0.3 is 0 Å². The van der Waals surface area contributed by atoms with Crippen molar-refractivity contribution in [3.8, 4) is 0 Å². The number of rotatable bonds is 1. The van der Waals surface area contributed by atoms with Crippen LogP contribution < -0.4 is 0 Å². The van der Waals surface area contributed by atoms with Gasteiger partial charge in [0.05, 0.1) is 6.10 Å². The second kappa shape index (κ2) is 4.41. The van der Waals surface area contributed by atoms with E-state index in [0.29, 0.717) is 4.83 Å². The highest BCUT2D eigenvalue weighted by Crippen LogP contribution is 2.31. The van der Waals surface area contributed by atoms with E-state index in [2.05, 4.69) is 27.0 Å². The molecule has 1 aliphatic rings. The first-order valence-electron chi connectivity index (χ1n) is 4.94. The molecule has 2 rings (SSSR count). The van der Waals surface area contributed by atoms with Crippen LogP contribution in [0.1, 0.15) is 30.2 Å². The molecule has 0 aliphatic carbocycles. The molecule has 2 heterocycles. The van der Waals surface area contributed by atoms with Crippen molar-refractivity contribution in [1.82, 2.24) is 4.98 Å². The minimum atomic E-state index is 0.245. The second-order valence-electron chi connectivity index (χ2n) is 3.71. The maximum Gasteiger partial charge on any atom is 0.0836 e. The highest BCUT2D eigenvalue weighted by molar-refractivity contribution is 9.09. The van der Waals surface area contributed by atoms with E-state index < -0.39 is 0 Å². The molecule has 2 atom stereocenters. The van der Waals surface area contributed by atoms with E-state index in [4.69, 9.17) is 4.74 Å². The Bertz CT molecular complexity index is 316. The Hall–Kier alpha value is -0.410. The Kier molecular flexibility index (Phi) is 3.19. The summed E-state index contributed by atoms with van der Waals surface area (Å²) in [6, 6.07) is 4.15. The van der Waals surface area contributed by atoms with Crippen LogP contribution >= 0.6 is 15.9 Å². The summed E-state index contributed by atoms with van der Waals surface area (Å²) in [6.07, 6.45) is 4.27. The first kappa shape index (κ1) is 10.1. The summed E-state index contributed by atoms with van der Waals surface area (Å²) < 4.78 is 5.73. The fourth-order valence-electron chi connectivity index (χ4n) is 1.76. The summed E-state index contributed by atoms with van der Waals surface area (Å²) >= 11 is 3.65. The second-order valence-corrected chi connectivity index (χ2v) is 5.01. The first-order valence-corrected chi connectivity index (χ1v) is 5.85. The molecule has 0 radical (unpaired) electrons. The molecule has 0 N–H and O–H groups in total. The first-order chi connectivity index (χ1) is 6.75. The van der Waals surface area contributed by atoms with Crippen LogP contribution in [-0.2, 0) is 4.74 Å². The lowest BCUT2D eigenvalue weighted by molar-refractivity contribution is 0.0186. The van der Waals surface area contributed by atoms with Gasteiger partial charge < -0.3 is 4.74 Å². The van der Waals surface area contributed by atoms with Gasteiger partial charge in [0.25, 0.3) is 0 Å². The molecule has 0 spiro atoms. The lowest BCUT2D eigenvalue weighted by atomic mass is 10.0. The molecule has 0 aromatic carbocycles. The van der Waals surface area contributed by atoms with Crippen LogP contribution in [0.5, 0.6) is 0 Å². The largest absolute Gasteiger partial charge is 0.373 e. The van der Waals surface area contributed by atoms with Crippen LogP contribution in [0.4, 0.5) is 0 Å². The number of hydrogen-bond donors (Lipinski definition) is 0. The highest BCUT2D eigenvalue weighted by atomic mass is 79.9. The van der Waals surface area contributed by atoms with Gasteiger partial charge in [-0.3, -0.25) is 4.98 Å². The third-order valence-electron chi connectivity index (χ3n) is 2.51. The predicted molar refractivity (Wildman–Crippen MR) is 59.6 cm³/mol. The van der Waals surface area contributed by atoms with Crippen molar-refractivity contribution in [3.63, 3.8) is 0 Å². The van der Waals surface area contributed by atoms with Gasteiger partial charge in [-0.25, -0.2) is 0 Å². The van der Waals surface area contributed by atoms with E-state index in [9.17, 15) is 0 Å². The summed E-state index contributed by atoms with van der Waals surface area (Å²) in [5.41, 5.74) is 2.31. The van der Waals surface area contributed by atoms with Crippen molar-refractivity contribution >= 4 is 15.9 Å². The van der Waals surface area contributed by atoms with Gasteiger partial charge in [-0.15, -0.1) is 0 Å². The Morgan fingerprint density at radius 3 is 3.14 bits per heavy atom. The van der Waals surface area contributed by atoms with E-state index in [1.807, 2.05) is 19.2 Å². The van der Waals surface area contributed by atoms with Crippen LogP contribution in [0, 0.1) is 6.92 Å². The molecular formula is C11H14BrNO. The minimum Gasteiger partial charge on any atom is -0.373 e. The molecule has 0 amide bonds. The van der Waals surface area contributed by atoms with Crippen molar-refractivity contribution in [2.75, 3.05) is 6.61 Å². The van der Waals surface area contributed by atoms with Crippen LogP contribution in [-0.4, -0.2) is 16.4 Å². The standard InChI is InChI=1S/C11H14BrNO/c1-8-6-9(2-4-13-8)11-7-10(12)3-5-14-11/h2,4,6,10-11H,3,5,7H2,1H3/t10-,11-/m1/s1. The Morgan fingerprint density at radius 1 is 1.57 bits per heavy atom. The molecular weight excluding hydrogens is 242 g/mol. The van der Waals surface area contributed by atoms with Gasteiger partial charge in [-0.2, -0.15) is 0 Å². The average molecular weight is 256 g/mol. The van der Waals surface area contributed by atoms with Gasteiger partial charge in [0.2, 0.25) is 0 Å². The molecule has 1 aromatic heterocycles. The van der Waals surface area contributed by atoms with E-state index in [1.165, 1.54) is 5.56 Å². The van der Waals surface area contributed by atoms with Gasteiger partial charge in [0.15, 0.2) is 0 Å². The smallest absolute Gasteiger partial charge is 0.0836 e. The summed E-state index contributed by atoms with van der Waals surface area (Å²) in [5.74, 6) is 0. The summed E-state index contributed by atoms with van der Waals surface area (Å²) in [7, 11) is 0. The summed E-state index contributed by atoms with van der Waals surface area (Å²) in [4.78, 5) is 4.78. The number of halogens is 1. The Morgan fingerprint density at radius 2 is 2.43 bits per heavy atom. The fraction of sp³-hybridized carbons (Fsp3) is 0.545. The molecule has 1 fully saturated rings. The minimum absolute atomic E-state index is 0.245. The number of pyridine rings is 1. The predicted octanol–water partition coefficient (Wildman–Crippen LogP) is 3.01. The van der Waals surface area contributed by atoms with Crippen molar-refractivity contribution in [3.05, 3.63) is 29.6 Å². The van der Waals surface area contributed by atoms with Gasteiger partial charge in [-0.1, -0.05) is 15.9 Å². The molecule has 1 saturated heterocycles. The van der Waals surface area contributed by atoms with Crippen LogP contribution in [0.3, 0.4) is 0 Å². The van der Waals surface area contributed by atoms with Crippen LogP contribution in [0.2, 0.25) is 0 Å². The maximum absolute atomic E-state index is 5.73. The van der Waals surface area contributed by atoms with Crippen molar-refractivity contribution in [2.45, 2.75) is 30.7 Å². The number of nitrogens with zero attached hydrogens (tertiary/aromatic N) is 1. The zero-order valence-corrected chi connectivity index (χ0v) is 9.83. The topological polar surface area (TPSA) is 22.1 Å². The maximum atomic E-state index is 5.73. The SMILES string of the molecule is Cc1cc([C@H]2C[C@H](Br)CCO2)ccn1. The van der Waals surface area contributed by atoms with E-state index in [0.717, 1.165) is 25.1 Å². The lowest BCUT2D eigenvalue weighted by Gasteiger charge is -2.26. The molecule has 1 aliphatic heterocycles. The zero-order valence-electron chi connectivity index (χ0n) is 8.24. The van der Waals surface area contributed by atoms with Crippen LogP contribution in [0.15, 0.2) is 18.3 Å². The van der Waals surface area contributed by atoms with E-state index in [1.54, 1.807) is 0 Å². The third kappa shape index (κ3) is 2.34. The van der Waals surface area contributed by atoms with E-state index >= 15 is 0 Å². The molecule has 76 valence electrons. The molecule has 0 saturated carbocycles. The number of ether oxygens (including phenoxy) is 1.